The Morgan fingerprint density at radius 1 is 1.26 bits per heavy atom. The van der Waals surface area contributed by atoms with E-state index >= 15 is 0 Å². The largest absolute Gasteiger partial charge is 0.494 e. The van der Waals surface area contributed by atoms with Crippen LogP contribution in [0.5, 0.6) is 5.75 Å². The predicted octanol–water partition coefficient (Wildman–Crippen LogP) is 3.95. The van der Waals surface area contributed by atoms with E-state index in [1.165, 1.54) is 0 Å². The smallest absolute Gasteiger partial charge is 0.119 e. The number of hydrogen-bond donors (Lipinski definition) is 1. The number of aliphatic hydroxyl groups is 1. The van der Waals surface area contributed by atoms with Gasteiger partial charge in [-0.15, -0.1) is 24.0 Å². The molecule has 128 valence electrons. The minimum absolute atomic E-state index is 0. The Morgan fingerprint density at radius 2 is 1.96 bits per heavy atom. The summed E-state index contributed by atoms with van der Waals surface area (Å²) in [5.41, 5.74) is 0.472. The van der Waals surface area contributed by atoms with Crippen LogP contribution in [0, 0.1) is 5.92 Å². The molecule has 0 spiro atoms. The molecule has 3 aliphatic heterocycles. The number of rotatable bonds is 6. The van der Waals surface area contributed by atoms with E-state index in [0.717, 1.165) is 63.2 Å². The van der Waals surface area contributed by atoms with E-state index in [1.54, 1.807) is 0 Å². The van der Waals surface area contributed by atoms with Crippen molar-refractivity contribution in [1.29, 1.82) is 0 Å². The Kier molecular flexibility index (Phi) is 6.92. The summed E-state index contributed by atoms with van der Waals surface area (Å²) in [6.45, 7) is 6.01. The summed E-state index contributed by atoms with van der Waals surface area (Å²) in [5.74, 6) is 1.34. The van der Waals surface area contributed by atoms with Crippen molar-refractivity contribution in [3.63, 3.8) is 0 Å². The van der Waals surface area contributed by atoms with Crippen molar-refractivity contribution in [2.45, 2.75) is 38.2 Å². The van der Waals surface area contributed by atoms with Gasteiger partial charge in [0.25, 0.3) is 0 Å². The normalized spacial score (nSPS) is 29.5. The van der Waals surface area contributed by atoms with Gasteiger partial charge in [0, 0.05) is 6.54 Å². The summed E-state index contributed by atoms with van der Waals surface area (Å²) in [6, 6.07) is 8.14. The fourth-order valence-electron chi connectivity index (χ4n) is 3.52. The number of ether oxygens (including phenoxy) is 1. The number of nitrogens with zero attached hydrogens (tertiary/aromatic N) is 1. The Labute approximate surface area is 156 Å². The van der Waals surface area contributed by atoms with Crippen LogP contribution in [0.3, 0.4) is 0 Å². The van der Waals surface area contributed by atoms with Crippen molar-refractivity contribution >= 4 is 30.1 Å². The van der Waals surface area contributed by atoms with Gasteiger partial charge in [-0.3, -0.25) is 0 Å². The Morgan fingerprint density at radius 3 is 2.52 bits per heavy atom. The highest BCUT2D eigenvalue weighted by molar-refractivity contribution is 14.0. The molecule has 1 atom stereocenters. The lowest BCUT2D eigenvalue weighted by Gasteiger charge is -2.49. The highest BCUT2D eigenvalue weighted by atomic mass is 127. The molecule has 1 aromatic rings. The van der Waals surface area contributed by atoms with Crippen LogP contribution in [0.4, 0.5) is 0 Å². The average Bonchev–Trinajstić information content (AvgIpc) is 2.55. The van der Waals surface area contributed by atoms with Gasteiger partial charge in [0.15, 0.2) is 0 Å². The highest BCUT2D eigenvalue weighted by Gasteiger charge is 2.43. The lowest BCUT2D eigenvalue weighted by atomic mass is 9.75. The van der Waals surface area contributed by atoms with E-state index in [0.29, 0.717) is 5.92 Å². The zero-order valence-electron chi connectivity index (χ0n) is 13.9. The molecule has 1 unspecified atom stereocenters. The van der Waals surface area contributed by atoms with E-state index in [9.17, 15) is 5.11 Å². The Hall–Kier alpha value is -0.590. The highest BCUT2D eigenvalue weighted by Crippen LogP contribution is 2.36. The summed E-state index contributed by atoms with van der Waals surface area (Å²) < 4.78 is 5.68. The van der Waals surface area contributed by atoms with Crippen molar-refractivity contribution in [2.24, 2.45) is 5.92 Å². The van der Waals surface area contributed by atoms with E-state index < -0.39 is 5.60 Å². The van der Waals surface area contributed by atoms with E-state index in [2.05, 4.69) is 30.0 Å². The van der Waals surface area contributed by atoms with Crippen LogP contribution in [0.15, 0.2) is 30.3 Å². The van der Waals surface area contributed by atoms with Gasteiger partial charge in [-0.05, 0) is 56.0 Å². The molecule has 0 amide bonds. The van der Waals surface area contributed by atoms with Gasteiger partial charge in [0.1, 0.15) is 5.75 Å². The van der Waals surface area contributed by atoms with Crippen LogP contribution >= 0.6 is 24.0 Å². The van der Waals surface area contributed by atoms with Crippen molar-refractivity contribution in [2.75, 3.05) is 26.2 Å². The molecule has 0 aromatic heterocycles. The molecular weight excluding hydrogens is 401 g/mol. The minimum Gasteiger partial charge on any atom is -0.494 e. The van der Waals surface area contributed by atoms with Gasteiger partial charge < -0.3 is 14.7 Å². The number of piperidine rings is 3. The van der Waals surface area contributed by atoms with Gasteiger partial charge >= 0.3 is 0 Å². The molecule has 0 aliphatic carbocycles. The van der Waals surface area contributed by atoms with Gasteiger partial charge in [-0.2, -0.15) is 0 Å². The van der Waals surface area contributed by atoms with Crippen LogP contribution < -0.4 is 4.74 Å². The SMILES string of the molecule is CCCCOc1ccc(/C=C/C2(O)CN3CCC2CC3)cc1.I. The van der Waals surface area contributed by atoms with Crippen LogP contribution in [0.2, 0.25) is 0 Å². The van der Waals surface area contributed by atoms with E-state index in [-0.39, 0.29) is 24.0 Å². The third-order valence-electron chi connectivity index (χ3n) is 4.98. The van der Waals surface area contributed by atoms with Gasteiger partial charge in [0.2, 0.25) is 0 Å². The molecule has 4 heteroatoms. The average molecular weight is 429 g/mol. The molecule has 0 saturated carbocycles. The van der Waals surface area contributed by atoms with Crippen LogP contribution in [-0.2, 0) is 0 Å². The topological polar surface area (TPSA) is 32.7 Å². The molecule has 1 aromatic carbocycles. The molecule has 23 heavy (non-hydrogen) atoms. The molecule has 3 fully saturated rings. The number of halogens is 1. The lowest BCUT2D eigenvalue weighted by Crippen LogP contribution is -2.58. The van der Waals surface area contributed by atoms with Gasteiger partial charge in [0.05, 0.1) is 12.2 Å². The number of hydrogen-bond acceptors (Lipinski definition) is 3. The van der Waals surface area contributed by atoms with Gasteiger partial charge in [-0.1, -0.05) is 37.6 Å². The van der Waals surface area contributed by atoms with Gasteiger partial charge in [-0.25, -0.2) is 0 Å². The van der Waals surface area contributed by atoms with Crippen LogP contribution in [0.1, 0.15) is 38.2 Å². The molecule has 3 aliphatic rings. The molecule has 1 N–H and O–H groups in total. The first kappa shape index (κ1) is 18.7. The standard InChI is InChI=1S/C19H27NO2.HI/c1-2-3-14-22-18-6-4-16(5-7-18)8-11-19(21)15-20-12-9-17(19)10-13-20;/h4-8,11,17,21H,2-3,9-10,12-15H2,1H3;1H/b11-8+;. The van der Waals surface area contributed by atoms with Crippen LogP contribution in [0.25, 0.3) is 6.08 Å². The maximum atomic E-state index is 10.9. The summed E-state index contributed by atoms with van der Waals surface area (Å²) in [5, 5.41) is 10.9. The third-order valence-corrected chi connectivity index (χ3v) is 4.98. The predicted molar refractivity (Wildman–Crippen MR) is 105 cm³/mol. The van der Waals surface area contributed by atoms with Crippen molar-refractivity contribution in [1.82, 2.24) is 4.90 Å². The second kappa shape index (κ2) is 8.49. The second-order valence-corrected chi connectivity index (χ2v) is 6.65. The molecular formula is C19H28INO2. The maximum Gasteiger partial charge on any atom is 0.119 e. The molecule has 0 radical (unpaired) electrons. The second-order valence-electron chi connectivity index (χ2n) is 6.65. The molecule has 3 heterocycles. The van der Waals surface area contributed by atoms with Crippen molar-refractivity contribution in [3.8, 4) is 5.75 Å². The molecule has 3 nitrogen and oxygen atoms in total. The van der Waals surface area contributed by atoms with Crippen molar-refractivity contribution in [3.05, 3.63) is 35.9 Å². The molecule has 2 bridgehead atoms. The Bertz CT molecular complexity index is 509. The first-order valence-electron chi connectivity index (χ1n) is 8.56. The first-order valence-corrected chi connectivity index (χ1v) is 8.56. The third kappa shape index (κ3) is 4.70. The van der Waals surface area contributed by atoms with E-state index in [4.69, 9.17) is 4.74 Å². The zero-order valence-corrected chi connectivity index (χ0v) is 16.2. The summed E-state index contributed by atoms with van der Waals surface area (Å²) >= 11 is 0. The summed E-state index contributed by atoms with van der Waals surface area (Å²) in [6.07, 6.45) is 8.54. The minimum atomic E-state index is -0.646. The fourth-order valence-corrected chi connectivity index (χ4v) is 3.52. The monoisotopic (exact) mass is 429 g/mol. The first-order chi connectivity index (χ1) is 10.7. The van der Waals surface area contributed by atoms with E-state index in [1.807, 2.05) is 18.2 Å². The number of unbranched alkanes of at least 4 members (excludes halogenated alkanes) is 1. The maximum absolute atomic E-state index is 10.9. The van der Waals surface area contributed by atoms with Crippen molar-refractivity contribution < 1.29 is 9.84 Å². The Balaban J connectivity index is 0.00000192. The number of benzene rings is 1. The molecule has 3 saturated heterocycles. The summed E-state index contributed by atoms with van der Waals surface area (Å²) in [4.78, 5) is 2.37. The van der Waals surface area contributed by atoms with Crippen LogP contribution in [-0.4, -0.2) is 41.8 Å². The lowest BCUT2D eigenvalue weighted by molar-refractivity contribution is -0.0775. The number of fused-ring (bicyclic) bond motifs is 3. The quantitative estimate of drug-likeness (QED) is 0.549. The zero-order chi connectivity index (χ0) is 15.4. The summed E-state index contributed by atoms with van der Waals surface area (Å²) in [7, 11) is 0. The fraction of sp³-hybridized carbons (Fsp3) is 0.579. The molecule has 4 rings (SSSR count).